The van der Waals surface area contributed by atoms with Gasteiger partial charge in [0.05, 0.1) is 5.02 Å². The molecule has 0 aliphatic rings. The summed E-state index contributed by atoms with van der Waals surface area (Å²) in [6.07, 6.45) is 5.13. The van der Waals surface area contributed by atoms with Crippen molar-refractivity contribution in [2.75, 3.05) is 5.73 Å². The van der Waals surface area contributed by atoms with Gasteiger partial charge in [0, 0.05) is 11.3 Å². The van der Waals surface area contributed by atoms with Gasteiger partial charge in [-0.2, -0.15) is 0 Å². The van der Waals surface area contributed by atoms with Crippen LogP contribution in [0.15, 0.2) is 18.2 Å². The van der Waals surface area contributed by atoms with Crippen LogP contribution in [0.5, 0.6) is 0 Å². The standard InChI is InChI=1S/C8H6ClN.ClH/c1-2-6-5-7(10)3-4-8(6)9;/h1,3-5H,10H2;1H. The smallest absolute Gasteiger partial charge is 0.0563 e. The molecule has 0 aliphatic heterocycles. The lowest BCUT2D eigenvalue weighted by Gasteiger charge is -1.95. The second kappa shape index (κ2) is 4.12. The lowest BCUT2D eigenvalue weighted by molar-refractivity contribution is 1.63. The van der Waals surface area contributed by atoms with Gasteiger partial charge in [0.25, 0.3) is 0 Å². The molecule has 1 rings (SSSR count). The Bertz CT molecular complexity index is 289. The zero-order chi connectivity index (χ0) is 7.56. The van der Waals surface area contributed by atoms with Crippen molar-refractivity contribution in [1.29, 1.82) is 0 Å². The Morgan fingerprint density at radius 3 is 2.55 bits per heavy atom. The maximum Gasteiger partial charge on any atom is 0.0563 e. The van der Waals surface area contributed by atoms with Gasteiger partial charge in [-0.15, -0.1) is 18.8 Å². The van der Waals surface area contributed by atoms with E-state index in [1.54, 1.807) is 18.2 Å². The minimum Gasteiger partial charge on any atom is -0.399 e. The summed E-state index contributed by atoms with van der Waals surface area (Å²) in [6.45, 7) is 0. The van der Waals surface area contributed by atoms with E-state index in [0.29, 0.717) is 16.3 Å². The predicted octanol–water partition coefficient (Wildman–Crippen LogP) is 2.33. The molecule has 2 N–H and O–H groups in total. The van der Waals surface area contributed by atoms with Crippen LogP contribution in [0.3, 0.4) is 0 Å². The molecule has 11 heavy (non-hydrogen) atoms. The van der Waals surface area contributed by atoms with E-state index in [-0.39, 0.29) is 12.4 Å². The molecule has 1 aromatic carbocycles. The highest BCUT2D eigenvalue weighted by atomic mass is 35.5. The van der Waals surface area contributed by atoms with E-state index >= 15 is 0 Å². The van der Waals surface area contributed by atoms with Crippen LogP contribution >= 0.6 is 24.0 Å². The molecule has 0 radical (unpaired) electrons. The summed E-state index contributed by atoms with van der Waals surface area (Å²) in [5.74, 6) is 2.42. The summed E-state index contributed by atoms with van der Waals surface area (Å²) in [5, 5.41) is 0.566. The number of benzene rings is 1. The number of terminal acetylenes is 1. The number of anilines is 1. The molecular weight excluding hydrogens is 181 g/mol. The van der Waals surface area contributed by atoms with E-state index in [0.717, 1.165) is 0 Å². The monoisotopic (exact) mass is 187 g/mol. The van der Waals surface area contributed by atoms with Gasteiger partial charge in [0.1, 0.15) is 0 Å². The van der Waals surface area contributed by atoms with Crippen LogP contribution in [-0.2, 0) is 0 Å². The van der Waals surface area contributed by atoms with Crippen molar-refractivity contribution in [3.05, 3.63) is 28.8 Å². The Labute approximate surface area is 77.0 Å². The maximum atomic E-state index is 5.70. The third-order valence-electron chi connectivity index (χ3n) is 1.15. The zero-order valence-corrected chi connectivity index (χ0v) is 7.25. The van der Waals surface area contributed by atoms with Crippen molar-refractivity contribution in [2.24, 2.45) is 0 Å². The molecule has 0 amide bonds. The highest BCUT2D eigenvalue weighted by Crippen LogP contribution is 2.16. The Kier molecular flexibility index (Phi) is 3.81. The molecule has 3 heteroatoms. The zero-order valence-electron chi connectivity index (χ0n) is 5.67. The Balaban J connectivity index is 0.000001000. The SMILES string of the molecule is C#Cc1cc(N)ccc1Cl.Cl. The second-order valence-corrected chi connectivity index (χ2v) is 2.29. The lowest BCUT2D eigenvalue weighted by atomic mass is 10.2. The van der Waals surface area contributed by atoms with Crippen molar-refractivity contribution in [3.8, 4) is 12.3 Å². The molecule has 0 saturated carbocycles. The first-order valence-corrected chi connectivity index (χ1v) is 3.13. The first kappa shape index (κ1) is 10.2. The fourth-order valence-corrected chi connectivity index (χ4v) is 0.826. The van der Waals surface area contributed by atoms with E-state index in [9.17, 15) is 0 Å². The Hall–Kier alpha value is -0.840. The second-order valence-electron chi connectivity index (χ2n) is 1.88. The van der Waals surface area contributed by atoms with Crippen molar-refractivity contribution >= 4 is 29.7 Å². The molecule has 58 valence electrons. The van der Waals surface area contributed by atoms with Gasteiger partial charge >= 0.3 is 0 Å². The number of nitrogen functional groups attached to an aromatic ring is 1. The number of hydrogen-bond donors (Lipinski definition) is 1. The lowest BCUT2D eigenvalue weighted by Crippen LogP contribution is -1.85. The average molecular weight is 188 g/mol. The van der Waals surface area contributed by atoms with Gasteiger partial charge in [0.2, 0.25) is 0 Å². The molecule has 0 saturated heterocycles. The van der Waals surface area contributed by atoms with Gasteiger partial charge in [-0.25, -0.2) is 0 Å². The first-order chi connectivity index (χ1) is 4.74. The topological polar surface area (TPSA) is 26.0 Å². The van der Waals surface area contributed by atoms with Crippen molar-refractivity contribution in [1.82, 2.24) is 0 Å². The Morgan fingerprint density at radius 2 is 2.09 bits per heavy atom. The fraction of sp³-hybridized carbons (Fsp3) is 0. The summed E-state index contributed by atoms with van der Waals surface area (Å²) >= 11 is 5.70. The molecule has 0 fully saturated rings. The molecule has 0 spiro atoms. The van der Waals surface area contributed by atoms with E-state index in [1.165, 1.54) is 0 Å². The normalized spacial score (nSPS) is 8.00. The van der Waals surface area contributed by atoms with E-state index in [2.05, 4.69) is 5.92 Å². The van der Waals surface area contributed by atoms with Crippen LogP contribution in [0.25, 0.3) is 0 Å². The van der Waals surface area contributed by atoms with Crippen LogP contribution < -0.4 is 5.73 Å². The average Bonchev–Trinajstić information content (AvgIpc) is 1.94. The highest BCUT2D eigenvalue weighted by Gasteiger charge is 1.94. The Morgan fingerprint density at radius 1 is 1.45 bits per heavy atom. The summed E-state index contributed by atoms with van der Waals surface area (Å²) in [4.78, 5) is 0. The van der Waals surface area contributed by atoms with Crippen LogP contribution in [-0.4, -0.2) is 0 Å². The summed E-state index contributed by atoms with van der Waals surface area (Å²) in [6, 6.07) is 5.07. The summed E-state index contributed by atoms with van der Waals surface area (Å²) < 4.78 is 0. The minimum absolute atomic E-state index is 0. The molecule has 1 nitrogen and oxygen atoms in total. The third kappa shape index (κ3) is 2.34. The molecule has 0 heterocycles. The molecule has 0 aromatic heterocycles. The van der Waals surface area contributed by atoms with Gasteiger partial charge in [-0.3, -0.25) is 0 Å². The van der Waals surface area contributed by atoms with E-state index in [1.807, 2.05) is 0 Å². The molecule has 0 aliphatic carbocycles. The summed E-state index contributed by atoms with van der Waals surface area (Å²) in [5.41, 5.74) is 6.73. The van der Waals surface area contributed by atoms with Crippen molar-refractivity contribution < 1.29 is 0 Å². The van der Waals surface area contributed by atoms with Crippen molar-refractivity contribution in [3.63, 3.8) is 0 Å². The first-order valence-electron chi connectivity index (χ1n) is 2.75. The molecule has 0 atom stereocenters. The van der Waals surface area contributed by atoms with E-state index < -0.39 is 0 Å². The number of halogens is 2. The quantitative estimate of drug-likeness (QED) is 0.490. The van der Waals surface area contributed by atoms with Gasteiger partial charge in [-0.1, -0.05) is 17.5 Å². The largest absolute Gasteiger partial charge is 0.399 e. The van der Waals surface area contributed by atoms with Gasteiger partial charge in [-0.05, 0) is 18.2 Å². The third-order valence-corrected chi connectivity index (χ3v) is 1.48. The predicted molar refractivity (Wildman–Crippen MR) is 51.0 cm³/mol. The van der Waals surface area contributed by atoms with Crippen molar-refractivity contribution in [2.45, 2.75) is 0 Å². The fourth-order valence-electron chi connectivity index (χ4n) is 0.654. The van der Waals surface area contributed by atoms with Gasteiger partial charge < -0.3 is 5.73 Å². The number of rotatable bonds is 0. The van der Waals surface area contributed by atoms with Crippen LogP contribution in [0.4, 0.5) is 5.69 Å². The van der Waals surface area contributed by atoms with E-state index in [4.69, 9.17) is 23.8 Å². The molecule has 0 bridgehead atoms. The van der Waals surface area contributed by atoms with Crippen LogP contribution in [0.2, 0.25) is 5.02 Å². The van der Waals surface area contributed by atoms with Gasteiger partial charge in [0.15, 0.2) is 0 Å². The molecule has 1 aromatic rings. The number of hydrogen-bond acceptors (Lipinski definition) is 1. The molecular formula is C8H7Cl2N. The molecule has 0 unspecified atom stereocenters. The van der Waals surface area contributed by atoms with Crippen LogP contribution in [0, 0.1) is 12.3 Å². The summed E-state index contributed by atoms with van der Waals surface area (Å²) in [7, 11) is 0. The maximum absolute atomic E-state index is 5.70. The highest BCUT2D eigenvalue weighted by molar-refractivity contribution is 6.31. The van der Waals surface area contributed by atoms with Crippen LogP contribution in [0.1, 0.15) is 5.56 Å². The number of nitrogens with two attached hydrogens (primary N) is 1. The minimum atomic E-state index is 0.